The Morgan fingerprint density at radius 1 is 1.40 bits per heavy atom. The molecule has 0 saturated carbocycles. The second-order valence-electron chi connectivity index (χ2n) is 5.36. The van der Waals surface area contributed by atoms with Gasteiger partial charge in [-0.05, 0) is 32.6 Å². The smallest absolute Gasteiger partial charge is 0.226 e. The fourth-order valence-corrected chi connectivity index (χ4v) is 3.93. The zero-order valence-corrected chi connectivity index (χ0v) is 13.8. The van der Waals surface area contributed by atoms with E-state index in [0.29, 0.717) is 13.2 Å². The third-order valence-corrected chi connectivity index (χ3v) is 4.99. The zero-order valence-electron chi connectivity index (χ0n) is 12.1. The average Bonchev–Trinajstić information content (AvgIpc) is 2.75. The minimum atomic E-state index is -0.136. The summed E-state index contributed by atoms with van der Waals surface area (Å²) in [5.74, 6) is 0.719. The highest BCUT2D eigenvalue weighted by atomic mass is 32.2. The lowest BCUT2D eigenvalue weighted by Crippen LogP contribution is -2.31. The van der Waals surface area contributed by atoms with Crippen LogP contribution in [0.1, 0.15) is 31.2 Å². The normalized spacial score (nSPS) is 17.2. The van der Waals surface area contributed by atoms with Crippen LogP contribution < -0.4 is 4.74 Å². The van der Waals surface area contributed by atoms with Crippen molar-refractivity contribution in [3.63, 3.8) is 0 Å². The molecule has 4 nitrogen and oxygen atoms in total. The number of nitrogens with zero attached hydrogens (tertiary/aromatic N) is 2. The minimum Gasteiger partial charge on any atom is -0.477 e. The predicted molar refractivity (Wildman–Crippen MR) is 82.9 cm³/mol. The first-order valence-electron chi connectivity index (χ1n) is 6.67. The first-order chi connectivity index (χ1) is 9.54. The maximum absolute atomic E-state index is 5.89. The van der Waals surface area contributed by atoms with Crippen LogP contribution in [0.5, 0.6) is 5.88 Å². The molecule has 0 atom stereocenters. The van der Waals surface area contributed by atoms with Crippen molar-refractivity contribution in [2.75, 3.05) is 12.9 Å². The summed E-state index contributed by atoms with van der Waals surface area (Å²) in [6.45, 7) is 7.50. The summed E-state index contributed by atoms with van der Waals surface area (Å²) in [5, 5.41) is 1.85. The van der Waals surface area contributed by atoms with Gasteiger partial charge in [-0.1, -0.05) is 11.8 Å². The molecule has 0 aromatic carbocycles. The number of aromatic nitrogens is 2. The summed E-state index contributed by atoms with van der Waals surface area (Å²) in [6.07, 6.45) is 2.86. The molecule has 20 heavy (non-hydrogen) atoms. The Morgan fingerprint density at radius 3 is 2.90 bits per heavy atom. The topological polar surface area (TPSA) is 44.2 Å². The Morgan fingerprint density at radius 2 is 2.20 bits per heavy atom. The molecule has 0 bridgehead atoms. The van der Waals surface area contributed by atoms with Crippen LogP contribution in [0.15, 0.2) is 5.16 Å². The lowest BCUT2D eigenvalue weighted by molar-refractivity contribution is -0.0379. The van der Waals surface area contributed by atoms with E-state index in [2.05, 4.69) is 23.8 Å². The first-order valence-corrected chi connectivity index (χ1v) is 8.71. The summed E-state index contributed by atoms with van der Waals surface area (Å²) >= 11 is 3.24. The zero-order chi connectivity index (χ0) is 14.3. The monoisotopic (exact) mass is 310 g/mol. The molecule has 108 valence electrons. The van der Waals surface area contributed by atoms with Crippen molar-refractivity contribution in [1.82, 2.24) is 9.97 Å². The van der Waals surface area contributed by atoms with Crippen LogP contribution in [0.4, 0.5) is 0 Å². The molecule has 0 fully saturated rings. The Bertz CT molecular complexity index is 652. The second kappa shape index (κ2) is 5.16. The van der Waals surface area contributed by atoms with Crippen LogP contribution in [-0.2, 0) is 17.8 Å². The molecule has 3 rings (SSSR count). The van der Waals surface area contributed by atoms with Gasteiger partial charge in [0.2, 0.25) is 5.88 Å². The Kier molecular flexibility index (Phi) is 3.64. The minimum absolute atomic E-state index is 0.136. The van der Waals surface area contributed by atoms with E-state index >= 15 is 0 Å². The van der Waals surface area contributed by atoms with E-state index in [1.807, 2.05) is 13.2 Å². The molecule has 2 aromatic rings. The standard InChI is InChI=1S/C14H18N2O2S2/c1-5-17-11-10-8-6-14(2,3)18-7-9(8)20-12(10)16-13(15-11)19-4/h5-7H2,1-4H3. The van der Waals surface area contributed by atoms with Crippen LogP contribution in [0.3, 0.4) is 0 Å². The lowest BCUT2D eigenvalue weighted by Gasteiger charge is -2.30. The summed E-state index contributed by atoms with van der Waals surface area (Å²) in [4.78, 5) is 11.4. The number of thioether (sulfide) groups is 1. The van der Waals surface area contributed by atoms with Crippen molar-refractivity contribution in [3.8, 4) is 5.88 Å². The Labute approximate surface area is 126 Å². The summed E-state index contributed by atoms with van der Waals surface area (Å²) in [6, 6.07) is 0. The molecular weight excluding hydrogens is 292 g/mol. The van der Waals surface area contributed by atoms with Gasteiger partial charge in [-0.25, -0.2) is 4.98 Å². The van der Waals surface area contributed by atoms with Gasteiger partial charge in [0.05, 0.1) is 24.2 Å². The summed E-state index contributed by atoms with van der Waals surface area (Å²) < 4.78 is 11.6. The molecule has 2 aromatic heterocycles. The van der Waals surface area contributed by atoms with Crippen LogP contribution in [0.25, 0.3) is 10.2 Å². The number of fused-ring (bicyclic) bond motifs is 3. The molecule has 0 radical (unpaired) electrons. The van der Waals surface area contributed by atoms with E-state index in [0.717, 1.165) is 27.7 Å². The second-order valence-corrected chi connectivity index (χ2v) is 7.21. The fraction of sp³-hybridized carbons (Fsp3) is 0.571. The van der Waals surface area contributed by atoms with Crippen LogP contribution in [0, 0.1) is 0 Å². The van der Waals surface area contributed by atoms with Gasteiger partial charge in [0.15, 0.2) is 5.16 Å². The van der Waals surface area contributed by atoms with Gasteiger partial charge in [0.1, 0.15) is 4.83 Å². The summed E-state index contributed by atoms with van der Waals surface area (Å²) in [5.41, 5.74) is 1.17. The molecule has 1 aliphatic heterocycles. The van der Waals surface area contributed by atoms with Gasteiger partial charge in [-0.3, -0.25) is 0 Å². The van der Waals surface area contributed by atoms with Crippen molar-refractivity contribution in [1.29, 1.82) is 0 Å². The number of thiophene rings is 1. The van der Waals surface area contributed by atoms with E-state index in [9.17, 15) is 0 Å². The van der Waals surface area contributed by atoms with Gasteiger partial charge < -0.3 is 9.47 Å². The van der Waals surface area contributed by atoms with Gasteiger partial charge in [-0.2, -0.15) is 4.98 Å². The van der Waals surface area contributed by atoms with Gasteiger partial charge in [0.25, 0.3) is 0 Å². The van der Waals surface area contributed by atoms with Crippen molar-refractivity contribution in [3.05, 3.63) is 10.4 Å². The van der Waals surface area contributed by atoms with Gasteiger partial charge in [0, 0.05) is 11.3 Å². The molecule has 0 N–H and O–H groups in total. The third-order valence-electron chi connectivity index (χ3n) is 3.34. The number of hydrogen-bond acceptors (Lipinski definition) is 6. The lowest BCUT2D eigenvalue weighted by atomic mass is 9.94. The molecule has 0 aliphatic carbocycles. The molecule has 0 saturated heterocycles. The quantitative estimate of drug-likeness (QED) is 0.639. The molecule has 0 spiro atoms. The van der Waals surface area contributed by atoms with Crippen LogP contribution in [-0.4, -0.2) is 28.4 Å². The molecule has 0 unspecified atom stereocenters. The highest BCUT2D eigenvalue weighted by Gasteiger charge is 2.31. The summed E-state index contributed by atoms with van der Waals surface area (Å²) in [7, 11) is 0. The van der Waals surface area contributed by atoms with Gasteiger partial charge in [-0.15, -0.1) is 11.3 Å². The highest BCUT2D eigenvalue weighted by molar-refractivity contribution is 7.98. The van der Waals surface area contributed by atoms with Crippen molar-refractivity contribution in [2.45, 2.75) is 44.6 Å². The third kappa shape index (κ3) is 2.40. The molecular formula is C14H18N2O2S2. The van der Waals surface area contributed by atoms with Crippen LogP contribution in [0.2, 0.25) is 0 Å². The SMILES string of the molecule is CCOc1nc(SC)nc2sc3c(c12)CC(C)(C)OC3. The average molecular weight is 310 g/mol. The van der Waals surface area contributed by atoms with E-state index in [1.54, 1.807) is 23.1 Å². The molecule has 6 heteroatoms. The van der Waals surface area contributed by atoms with E-state index in [4.69, 9.17) is 9.47 Å². The van der Waals surface area contributed by atoms with Crippen LogP contribution >= 0.6 is 23.1 Å². The molecule has 3 heterocycles. The van der Waals surface area contributed by atoms with Gasteiger partial charge >= 0.3 is 0 Å². The van der Waals surface area contributed by atoms with Crippen molar-refractivity contribution < 1.29 is 9.47 Å². The number of rotatable bonds is 3. The van der Waals surface area contributed by atoms with E-state index in [1.165, 1.54) is 10.4 Å². The maximum Gasteiger partial charge on any atom is 0.226 e. The van der Waals surface area contributed by atoms with E-state index in [-0.39, 0.29) is 5.60 Å². The largest absolute Gasteiger partial charge is 0.477 e. The fourth-order valence-electron chi connectivity index (χ4n) is 2.43. The predicted octanol–water partition coefficient (Wildman–Crippen LogP) is 3.66. The number of hydrogen-bond donors (Lipinski definition) is 0. The van der Waals surface area contributed by atoms with Crippen molar-refractivity contribution in [2.24, 2.45) is 0 Å². The highest BCUT2D eigenvalue weighted by Crippen LogP contribution is 2.42. The molecule has 1 aliphatic rings. The number of ether oxygens (including phenoxy) is 2. The Hall–Kier alpha value is -0.850. The maximum atomic E-state index is 5.89. The molecule has 0 amide bonds. The Balaban J connectivity index is 2.22. The first kappa shape index (κ1) is 14.1. The van der Waals surface area contributed by atoms with Crippen molar-refractivity contribution >= 4 is 33.3 Å². The van der Waals surface area contributed by atoms with E-state index < -0.39 is 0 Å².